The van der Waals surface area contributed by atoms with Crippen molar-refractivity contribution in [3.63, 3.8) is 0 Å². The molecule has 0 spiro atoms. The van der Waals surface area contributed by atoms with Gasteiger partial charge in [-0.15, -0.1) is 0 Å². The fourth-order valence-electron chi connectivity index (χ4n) is 1.79. The summed E-state index contributed by atoms with van der Waals surface area (Å²) in [5, 5.41) is 0. The van der Waals surface area contributed by atoms with Gasteiger partial charge in [0.1, 0.15) is 5.75 Å². The molecule has 1 rings (SSSR count). The van der Waals surface area contributed by atoms with E-state index < -0.39 is 9.84 Å². The van der Waals surface area contributed by atoms with E-state index in [0.717, 1.165) is 11.1 Å². The average molecular weight is 254 g/mol. The number of carbonyl (C=O) groups excluding carboxylic acids is 1. The number of benzene rings is 1. The molecule has 0 fully saturated rings. The first-order chi connectivity index (χ1) is 7.85. The van der Waals surface area contributed by atoms with Crippen LogP contribution in [0.3, 0.4) is 0 Å². The lowest BCUT2D eigenvalue weighted by Gasteiger charge is -2.06. The molecule has 0 atom stereocenters. The molecule has 17 heavy (non-hydrogen) atoms. The van der Waals surface area contributed by atoms with Gasteiger partial charge < -0.3 is 0 Å². The largest absolute Gasteiger partial charge is 0.293 e. The fourth-order valence-corrected chi connectivity index (χ4v) is 3.11. The average Bonchev–Trinajstić information content (AvgIpc) is 2.15. The van der Waals surface area contributed by atoms with Crippen LogP contribution in [0, 0.1) is 13.8 Å². The van der Waals surface area contributed by atoms with Gasteiger partial charge in [-0.2, -0.15) is 0 Å². The molecule has 0 bridgehead atoms. The third-order valence-corrected chi connectivity index (χ3v) is 4.28. The molecule has 0 saturated carbocycles. The summed E-state index contributed by atoms with van der Waals surface area (Å²) in [4.78, 5) is 11.9. The van der Waals surface area contributed by atoms with Gasteiger partial charge in [0.05, 0.1) is 5.75 Å². The number of rotatable bonds is 5. The van der Waals surface area contributed by atoms with E-state index in [2.05, 4.69) is 0 Å². The molecule has 0 aliphatic heterocycles. The van der Waals surface area contributed by atoms with Crippen LogP contribution in [0.1, 0.15) is 34.8 Å². The summed E-state index contributed by atoms with van der Waals surface area (Å²) in [6, 6.07) is 5.42. The van der Waals surface area contributed by atoms with Gasteiger partial charge in [0, 0.05) is 5.56 Å². The van der Waals surface area contributed by atoms with Gasteiger partial charge in [-0.05, 0) is 25.8 Å². The highest BCUT2D eigenvalue weighted by Crippen LogP contribution is 2.12. The van der Waals surface area contributed by atoms with E-state index in [1.165, 1.54) is 0 Å². The van der Waals surface area contributed by atoms with Crippen LogP contribution >= 0.6 is 0 Å². The Morgan fingerprint density at radius 2 is 1.88 bits per heavy atom. The van der Waals surface area contributed by atoms with Crippen molar-refractivity contribution in [2.45, 2.75) is 27.2 Å². The summed E-state index contributed by atoms with van der Waals surface area (Å²) < 4.78 is 23.1. The predicted molar refractivity (Wildman–Crippen MR) is 69.2 cm³/mol. The molecule has 3 nitrogen and oxygen atoms in total. The second-order valence-electron chi connectivity index (χ2n) is 4.33. The number of carbonyl (C=O) groups is 1. The Kier molecular flexibility index (Phi) is 4.46. The standard InChI is InChI=1S/C13H18O3S/c1-4-7-17(15,16)9-13(14)12-6-5-10(2)8-11(12)3/h5-6,8H,4,7,9H2,1-3H3. The molecule has 1 aromatic rings. The van der Waals surface area contributed by atoms with E-state index in [1.807, 2.05) is 26.0 Å². The van der Waals surface area contributed by atoms with Gasteiger partial charge >= 0.3 is 0 Å². The van der Waals surface area contributed by atoms with Crippen molar-refractivity contribution in [3.05, 3.63) is 34.9 Å². The van der Waals surface area contributed by atoms with E-state index in [9.17, 15) is 13.2 Å². The van der Waals surface area contributed by atoms with Gasteiger partial charge in [-0.3, -0.25) is 4.79 Å². The maximum atomic E-state index is 11.9. The number of Topliss-reactive ketones (excluding diaryl/α,β-unsaturated/α-hetero) is 1. The van der Waals surface area contributed by atoms with Crippen LogP contribution in [0.4, 0.5) is 0 Å². The van der Waals surface area contributed by atoms with Gasteiger partial charge in [-0.25, -0.2) is 8.42 Å². The maximum absolute atomic E-state index is 11.9. The van der Waals surface area contributed by atoms with Crippen molar-refractivity contribution in [1.82, 2.24) is 0 Å². The number of hydrogen-bond donors (Lipinski definition) is 0. The van der Waals surface area contributed by atoms with Crippen LogP contribution in [-0.2, 0) is 9.84 Å². The molecule has 94 valence electrons. The number of ketones is 1. The van der Waals surface area contributed by atoms with E-state index in [0.29, 0.717) is 12.0 Å². The van der Waals surface area contributed by atoms with Crippen LogP contribution in [0.5, 0.6) is 0 Å². The number of hydrogen-bond acceptors (Lipinski definition) is 3. The molecular formula is C13H18O3S. The minimum Gasteiger partial charge on any atom is -0.293 e. The van der Waals surface area contributed by atoms with Crippen LogP contribution in [0.25, 0.3) is 0 Å². The Labute approximate surface area is 103 Å². The van der Waals surface area contributed by atoms with Crippen molar-refractivity contribution in [2.24, 2.45) is 0 Å². The summed E-state index contributed by atoms with van der Waals surface area (Å²) >= 11 is 0. The maximum Gasteiger partial charge on any atom is 0.178 e. The highest BCUT2D eigenvalue weighted by molar-refractivity contribution is 7.92. The SMILES string of the molecule is CCCS(=O)(=O)CC(=O)c1ccc(C)cc1C. The lowest BCUT2D eigenvalue weighted by atomic mass is 10.0. The quantitative estimate of drug-likeness (QED) is 0.758. The number of sulfone groups is 1. The summed E-state index contributed by atoms with van der Waals surface area (Å²) in [5.74, 6) is -0.620. The van der Waals surface area contributed by atoms with Crippen LogP contribution < -0.4 is 0 Å². The highest BCUT2D eigenvalue weighted by atomic mass is 32.2. The van der Waals surface area contributed by atoms with Crippen molar-refractivity contribution in [1.29, 1.82) is 0 Å². The van der Waals surface area contributed by atoms with Crippen molar-refractivity contribution >= 4 is 15.6 Å². The smallest absolute Gasteiger partial charge is 0.178 e. The Morgan fingerprint density at radius 3 is 2.41 bits per heavy atom. The lowest BCUT2D eigenvalue weighted by molar-refractivity contribution is 0.102. The summed E-state index contributed by atoms with van der Waals surface area (Å²) in [7, 11) is -3.26. The molecule has 0 saturated heterocycles. The summed E-state index contributed by atoms with van der Waals surface area (Å²) in [5.41, 5.74) is 2.41. The van der Waals surface area contributed by atoms with E-state index >= 15 is 0 Å². The Bertz CT molecular complexity index is 515. The minimum atomic E-state index is -3.26. The zero-order valence-electron chi connectivity index (χ0n) is 10.5. The van der Waals surface area contributed by atoms with Gasteiger partial charge in [-0.1, -0.05) is 30.7 Å². The first kappa shape index (κ1) is 13.9. The van der Waals surface area contributed by atoms with Crippen molar-refractivity contribution < 1.29 is 13.2 Å². The third kappa shape index (κ3) is 3.97. The predicted octanol–water partition coefficient (Wildman–Crippen LogP) is 2.31. The highest BCUT2D eigenvalue weighted by Gasteiger charge is 2.18. The molecule has 0 aliphatic rings. The Balaban J connectivity index is 2.91. The topological polar surface area (TPSA) is 51.2 Å². The second-order valence-corrected chi connectivity index (χ2v) is 6.52. The molecule has 0 aliphatic carbocycles. The fraction of sp³-hybridized carbons (Fsp3) is 0.462. The normalized spacial score (nSPS) is 11.5. The molecule has 1 aromatic carbocycles. The van der Waals surface area contributed by atoms with Gasteiger partial charge in [0.15, 0.2) is 15.6 Å². The first-order valence-corrected chi connectivity index (χ1v) is 7.48. The molecule has 0 heterocycles. The van der Waals surface area contributed by atoms with Gasteiger partial charge in [0.25, 0.3) is 0 Å². The van der Waals surface area contributed by atoms with Crippen LogP contribution in [0.15, 0.2) is 18.2 Å². The first-order valence-electron chi connectivity index (χ1n) is 5.66. The van der Waals surface area contributed by atoms with Crippen LogP contribution in [0.2, 0.25) is 0 Å². The summed E-state index contributed by atoms with van der Waals surface area (Å²) in [6.45, 7) is 5.56. The Morgan fingerprint density at radius 1 is 1.24 bits per heavy atom. The van der Waals surface area contributed by atoms with E-state index in [-0.39, 0.29) is 17.3 Å². The molecular weight excluding hydrogens is 236 g/mol. The van der Waals surface area contributed by atoms with E-state index in [4.69, 9.17) is 0 Å². The lowest BCUT2D eigenvalue weighted by Crippen LogP contribution is -2.19. The number of aryl methyl sites for hydroxylation is 2. The molecule has 4 heteroatoms. The van der Waals surface area contributed by atoms with Crippen molar-refractivity contribution in [2.75, 3.05) is 11.5 Å². The molecule has 0 N–H and O–H groups in total. The van der Waals surface area contributed by atoms with Crippen LogP contribution in [-0.4, -0.2) is 25.7 Å². The molecule has 0 aromatic heterocycles. The molecule has 0 amide bonds. The van der Waals surface area contributed by atoms with E-state index in [1.54, 1.807) is 13.0 Å². The zero-order valence-corrected chi connectivity index (χ0v) is 11.3. The summed E-state index contributed by atoms with van der Waals surface area (Å²) in [6.07, 6.45) is 0.544. The van der Waals surface area contributed by atoms with Crippen molar-refractivity contribution in [3.8, 4) is 0 Å². The second kappa shape index (κ2) is 5.45. The Hall–Kier alpha value is -1.16. The molecule has 0 unspecified atom stereocenters. The molecule has 0 radical (unpaired) electrons. The third-order valence-electron chi connectivity index (χ3n) is 2.55. The zero-order chi connectivity index (χ0) is 13.1. The monoisotopic (exact) mass is 254 g/mol. The minimum absolute atomic E-state index is 0.0731. The van der Waals surface area contributed by atoms with Gasteiger partial charge in [0.2, 0.25) is 0 Å².